The van der Waals surface area contributed by atoms with Gasteiger partial charge in [-0.1, -0.05) is 0 Å². The first kappa shape index (κ1) is 10.5. The van der Waals surface area contributed by atoms with Crippen molar-refractivity contribution in [2.24, 2.45) is 0 Å². The third-order valence-electron chi connectivity index (χ3n) is 2.48. The van der Waals surface area contributed by atoms with Crippen LogP contribution in [0.15, 0.2) is 26.6 Å². The lowest BCUT2D eigenvalue weighted by Crippen LogP contribution is -2.15. The average Bonchev–Trinajstić information content (AvgIpc) is 2.81. The third kappa shape index (κ3) is 2.36. The maximum atomic E-state index is 5.46. The van der Waals surface area contributed by atoms with E-state index in [1.54, 1.807) is 17.6 Å². The summed E-state index contributed by atoms with van der Waals surface area (Å²) in [4.78, 5) is 5.51. The summed E-state index contributed by atoms with van der Waals surface area (Å²) < 4.78 is 6.55. The lowest BCUT2D eigenvalue weighted by molar-refractivity contribution is 0.571. The highest BCUT2D eigenvalue weighted by Gasteiger charge is 2.20. The SMILES string of the molecule is Brc1ccc(-c2nc(CNC3CC3)co2)s1. The molecule has 84 valence electrons. The number of hydrogen-bond acceptors (Lipinski definition) is 4. The van der Waals surface area contributed by atoms with Crippen LogP contribution in [0, 0.1) is 0 Å². The van der Waals surface area contributed by atoms with E-state index in [9.17, 15) is 0 Å². The topological polar surface area (TPSA) is 38.1 Å². The van der Waals surface area contributed by atoms with Gasteiger partial charge in [0.1, 0.15) is 6.26 Å². The quantitative estimate of drug-likeness (QED) is 0.940. The normalized spacial score (nSPS) is 15.6. The minimum absolute atomic E-state index is 0.705. The lowest BCUT2D eigenvalue weighted by atomic mass is 10.4. The summed E-state index contributed by atoms with van der Waals surface area (Å²) in [7, 11) is 0. The van der Waals surface area contributed by atoms with Crippen LogP contribution in [0.1, 0.15) is 18.5 Å². The number of halogens is 1. The zero-order valence-electron chi connectivity index (χ0n) is 8.57. The first-order valence-electron chi connectivity index (χ1n) is 5.25. The highest BCUT2D eigenvalue weighted by molar-refractivity contribution is 9.11. The maximum Gasteiger partial charge on any atom is 0.236 e. The van der Waals surface area contributed by atoms with Gasteiger partial charge in [0.05, 0.1) is 14.4 Å². The van der Waals surface area contributed by atoms with Gasteiger partial charge < -0.3 is 9.73 Å². The molecule has 0 bridgehead atoms. The monoisotopic (exact) mass is 298 g/mol. The van der Waals surface area contributed by atoms with E-state index in [0.29, 0.717) is 11.9 Å². The maximum absolute atomic E-state index is 5.46. The number of rotatable bonds is 4. The van der Waals surface area contributed by atoms with Crippen molar-refractivity contribution in [2.45, 2.75) is 25.4 Å². The van der Waals surface area contributed by atoms with Crippen molar-refractivity contribution in [1.29, 1.82) is 0 Å². The summed E-state index contributed by atoms with van der Waals surface area (Å²) in [5.41, 5.74) is 0.978. The van der Waals surface area contributed by atoms with Crippen LogP contribution < -0.4 is 5.32 Å². The second kappa shape index (κ2) is 4.31. The smallest absolute Gasteiger partial charge is 0.236 e. The van der Waals surface area contributed by atoms with Crippen LogP contribution in [0.4, 0.5) is 0 Å². The number of aromatic nitrogens is 1. The Balaban J connectivity index is 1.71. The summed E-state index contributed by atoms with van der Waals surface area (Å²) in [5, 5.41) is 3.41. The van der Waals surface area contributed by atoms with Crippen LogP contribution in [0.25, 0.3) is 10.8 Å². The van der Waals surface area contributed by atoms with Gasteiger partial charge in [-0.15, -0.1) is 11.3 Å². The minimum Gasteiger partial charge on any atom is -0.444 e. The summed E-state index contributed by atoms with van der Waals surface area (Å²) in [6.45, 7) is 0.806. The Bertz CT molecular complexity index is 490. The molecule has 0 aliphatic heterocycles. The van der Waals surface area contributed by atoms with E-state index in [1.807, 2.05) is 12.1 Å². The van der Waals surface area contributed by atoms with Crippen molar-refractivity contribution in [3.8, 4) is 10.8 Å². The molecule has 1 fully saturated rings. The van der Waals surface area contributed by atoms with Gasteiger partial charge in [-0.2, -0.15) is 0 Å². The van der Waals surface area contributed by atoms with Gasteiger partial charge in [0.25, 0.3) is 0 Å². The van der Waals surface area contributed by atoms with Crippen LogP contribution >= 0.6 is 27.3 Å². The molecule has 16 heavy (non-hydrogen) atoms. The number of oxazole rings is 1. The molecule has 5 heteroatoms. The van der Waals surface area contributed by atoms with E-state index in [4.69, 9.17) is 4.42 Å². The number of thiophene rings is 1. The molecule has 3 rings (SSSR count). The molecule has 0 aromatic carbocycles. The van der Waals surface area contributed by atoms with Gasteiger partial charge in [-0.3, -0.25) is 0 Å². The molecule has 2 heterocycles. The second-order valence-electron chi connectivity index (χ2n) is 3.90. The fourth-order valence-electron chi connectivity index (χ4n) is 1.47. The third-order valence-corrected chi connectivity index (χ3v) is 4.10. The van der Waals surface area contributed by atoms with Crippen molar-refractivity contribution >= 4 is 27.3 Å². The van der Waals surface area contributed by atoms with E-state index >= 15 is 0 Å². The molecule has 2 aromatic rings. The fourth-order valence-corrected chi connectivity index (χ4v) is 2.79. The van der Waals surface area contributed by atoms with Crippen molar-refractivity contribution in [3.05, 3.63) is 27.9 Å². The molecular formula is C11H11BrN2OS. The van der Waals surface area contributed by atoms with Crippen LogP contribution in [0.5, 0.6) is 0 Å². The van der Waals surface area contributed by atoms with E-state index in [-0.39, 0.29) is 0 Å². The Hall–Kier alpha value is -0.650. The number of hydrogen-bond donors (Lipinski definition) is 1. The molecule has 1 N–H and O–H groups in total. The van der Waals surface area contributed by atoms with Crippen LogP contribution in [0.2, 0.25) is 0 Å². The van der Waals surface area contributed by atoms with Crippen LogP contribution in [-0.4, -0.2) is 11.0 Å². The van der Waals surface area contributed by atoms with Crippen molar-refractivity contribution < 1.29 is 4.42 Å². The Morgan fingerprint density at radius 1 is 1.50 bits per heavy atom. The molecule has 0 saturated heterocycles. The van der Waals surface area contributed by atoms with E-state index in [0.717, 1.165) is 20.9 Å². The largest absolute Gasteiger partial charge is 0.444 e. The van der Waals surface area contributed by atoms with Gasteiger partial charge in [0, 0.05) is 12.6 Å². The van der Waals surface area contributed by atoms with E-state index < -0.39 is 0 Å². The molecule has 0 spiro atoms. The highest BCUT2D eigenvalue weighted by Crippen LogP contribution is 2.30. The molecular weight excluding hydrogens is 288 g/mol. The van der Waals surface area contributed by atoms with E-state index in [1.165, 1.54) is 12.8 Å². The number of nitrogens with zero attached hydrogens (tertiary/aromatic N) is 1. The molecule has 3 nitrogen and oxygen atoms in total. The zero-order valence-corrected chi connectivity index (χ0v) is 11.0. The first-order valence-corrected chi connectivity index (χ1v) is 6.86. The number of nitrogens with one attached hydrogen (secondary N) is 1. The summed E-state index contributed by atoms with van der Waals surface area (Å²) in [5.74, 6) is 0.711. The Morgan fingerprint density at radius 2 is 2.38 bits per heavy atom. The fraction of sp³-hybridized carbons (Fsp3) is 0.364. The van der Waals surface area contributed by atoms with Crippen LogP contribution in [0.3, 0.4) is 0 Å². The zero-order chi connectivity index (χ0) is 11.0. The van der Waals surface area contributed by atoms with Gasteiger partial charge in [-0.05, 0) is 40.9 Å². The highest BCUT2D eigenvalue weighted by atomic mass is 79.9. The summed E-state index contributed by atoms with van der Waals surface area (Å²) in [6.07, 6.45) is 4.32. The molecule has 0 radical (unpaired) electrons. The van der Waals surface area contributed by atoms with Crippen molar-refractivity contribution in [3.63, 3.8) is 0 Å². The Kier molecular flexibility index (Phi) is 2.83. The molecule has 0 amide bonds. The van der Waals surface area contributed by atoms with Crippen LogP contribution in [-0.2, 0) is 6.54 Å². The minimum atomic E-state index is 0.705. The van der Waals surface area contributed by atoms with Crippen molar-refractivity contribution in [2.75, 3.05) is 0 Å². The summed E-state index contributed by atoms with van der Waals surface area (Å²) >= 11 is 5.06. The van der Waals surface area contributed by atoms with E-state index in [2.05, 4.69) is 26.2 Å². The van der Waals surface area contributed by atoms with Gasteiger partial charge in [0.15, 0.2) is 0 Å². The molecule has 1 saturated carbocycles. The Labute approximate surface area is 106 Å². The molecule has 1 aliphatic rings. The first-order chi connectivity index (χ1) is 7.81. The predicted molar refractivity (Wildman–Crippen MR) is 67.4 cm³/mol. The molecule has 0 unspecified atom stereocenters. The molecule has 1 aliphatic carbocycles. The van der Waals surface area contributed by atoms with Gasteiger partial charge in [0.2, 0.25) is 5.89 Å². The Morgan fingerprint density at radius 3 is 3.06 bits per heavy atom. The predicted octanol–water partition coefficient (Wildman–Crippen LogP) is 3.42. The van der Waals surface area contributed by atoms with Crippen molar-refractivity contribution in [1.82, 2.24) is 10.3 Å². The molecule has 2 aromatic heterocycles. The average molecular weight is 299 g/mol. The van der Waals surface area contributed by atoms with Gasteiger partial charge >= 0.3 is 0 Å². The van der Waals surface area contributed by atoms with Gasteiger partial charge in [-0.25, -0.2) is 4.98 Å². The second-order valence-corrected chi connectivity index (χ2v) is 6.37. The summed E-state index contributed by atoms with van der Waals surface area (Å²) in [6, 6.07) is 4.72. The lowest BCUT2D eigenvalue weighted by Gasteiger charge is -1.95. The standard InChI is InChI=1S/C11H11BrN2OS/c12-10-4-3-9(16-10)11-14-8(6-15-11)5-13-7-1-2-7/h3-4,6-7,13H,1-2,5H2. The molecule has 0 atom stereocenters.